The van der Waals surface area contributed by atoms with Crippen molar-refractivity contribution in [2.45, 2.75) is 19.8 Å². The first-order chi connectivity index (χ1) is 10.5. The highest BCUT2D eigenvalue weighted by atomic mass is 16.5. The quantitative estimate of drug-likeness (QED) is 0.655. The van der Waals surface area contributed by atoms with Crippen molar-refractivity contribution in [3.63, 3.8) is 0 Å². The average Bonchev–Trinajstić information content (AvgIpc) is 2.52. The Labute approximate surface area is 130 Å². The predicted octanol–water partition coefficient (Wildman–Crippen LogP) is 4.44. The van der Waals surface area contributed by atoms with E-state index in [0.29, 0.717) is 17.2 Å². The van der Waals surface area contributed by atoms with Gasteiger partial charge in [-0.1, -0.05) is 50.2 Å². The number of carbonyl (C=O) groups is 1. The molecule has 1 N–H and O–H groups in total. The van der Waals surface area contributed by atoms with Gasteiger partial charge in [0, 0.05) is 0 Å². The Bertz CT molecular complexity index is 682. The highest BCUT2D eigenvalue weighted by Crippen LogP contribution is 2.23. The molecule has 0 saturated heterocycles. The first kappa shape index (κ1) is 15.8. The van der Waals surface area contributed by atoms with E-state index in [2.05, 4.69) is 13.8 Å². The molecule has 0 radical (unpaired) electrons. The van der Waals surface area contributed by atoms with Crippen LogP contribution >= 0.6 is 0 Å². The molecule has 0 amide bonds. The summed E-state index contributed by atoms with van der Waals surface area (Å²) in [5.74, 6) is 0.136. The van der Waals surface area contributed by atoms with Gasteiger partial charge in [0.05, 0.1) is 12.7 Å². The predicted molar refractivity (Wildman–Crippen MR) is 89.0 cm³/mol. The van der Waals surface area contributed by atoms with E-state index >= 15 is 0 Å². The highest BCUT2D eigenvalue weighted by molar-refractivity contribution is 6.20. The Hall–Kier alpha value is -2.55. The number of benzene rings is 2. The largest absolute Gasteiger partial charge is 0.497 e. The van der Waals surface area contributed by atoms with Gasteiger partial charge in [-0.2, -0.15) is 0 Å². The fourth-order valence-electron chi connectivity index (χ4n) is 2.20. The van der Waals surface area contributed by atoms with Gasteiger partial charge in [-0.25, -0.2) is 4.79 Å². The van der Waals surface area contributed by atoms with Crippen LogP contribution in [0.4, 0.5) is 0 Å². The van der Waals surface area contributed by atoms with Gasteiger partial charge in [-0.05, 0) is 40.8 Å². The summed E-state index contributed by atoms with van der Waals surface area (Å²) in [6, 6.07) is 15.0. The summed E-state index contributed by atoms with van der Waals surface area (Å²) in [7, 11) is 1.56. The van der Waals surface area contributed by atoms with Crippen LogP contribution in [-0.4, -0.2) is 18.2 Å². The van der Waals surface area contributed by atoms with E-state index in [1.165, 1.54) is 5.56 Å². The summed E-state index contributed by atoms with van der Waals surface area (Å²) in [6.45, 7) is 4.26. The molecule has 3 heteroatoms. The third-order valence-corrected chi connectivity index (χ3v) is 3.53. The van der Waals surface area contributed by atoms with Gasteiger partial charge in [0.1, 0.15) is 5.75 Å². The van der Waals surface area contributed by atoms with Gasteiger partial charge in [-0.3, -0.25) is 0 Å². The minimum Gasteiger partial charge on any atom is -0.497 e. The molecule has 0 fully saturated rings. The minimum absolute atomic E-state index is 0.246. The van der Waals surface area contributed by atoms with Crippen LogP contribution < -0.4 is 4.74 Å². The molecule has 0 saturated carbocycles. The lowest BCUT2D eigenvalue weighted by atomic mass is 9.99. The van der Waals surface area contributed by atoms with Crippen molar-refractivity contribution in [1.29, 1.82) is 0 Å². The zero-order valence-electron chi connectivity index (χ0n) is 13.0. The van der Waals surface area contributed by atoms with Crippen molar-refractivity contribution in [3.8, 4) is 5.75 Å². The number of ether oxygens (including phenoxy) is 1. The Balaban J connectivity index is 2.40. The van der Waals surface area contributed by atoms with Gasteiger partial charge >= 0.3 is 5.97 Å². The van der Waals surface area contributed by atoms with Crippen LogP contribution in [0.5, 0.6) is 5.75 Å². The number of methoxy groups -OCH3 is 1. The first-order valence-electron chi connectivity index (χ1n) is 7.20. The number of rotatable bonds is 5. The maximum Gasteiger partial charge on any atom is 0.336 e. The fourth-order valence-corrected chi connectivity index (χ4v) is 2.20. The molecule has 2 aromatic carbocycles. The molecule has 0 atom stereocenters. The lowest BCUT2D eigenvalue weighted by molar-refractivity contribution is -0.130. The van der Waals surface area contributed by atoms with Gasteiger partial charge < -0.3 is 9.84 Å². The molecule has 2 rings (SSSR count). The van der Waals surface area contributed by atoms with E-state index in [9.17, 15) is 9.90 Å². The molecule has 0 aliphatic carbocycles. The topological polar surface area (TPSA) is 46.5 Å². The zero-order chi connectivity index (χ0) is 16.1. The van der Waals surface area contributed by atoms with Crippen LogP contribution in [0.15, 0.2) is 48.5 Å². The minimum atomic E-state index is -0.957. The van der Waals surface area contributed by atoms with Gasteiger partial charge in [0.2, 0.25) is 0 Å². The summed E-state index contributed by atoms with van der Waals surface area (Å²) < 4.78 is 5.16. The summed E-state index contributed by atoms with van der Waals surface area (Å²) in [5, 5.41) is 9.49. The SMILES string of the molecule is COc1cccc(/C(=C/c2ccc(C(C)C)cc2)C(=O)O)c1. The van der Waals surface area contributed by atoms with Crippen LogP contribution in [0, 0.1) is 0 Å². The molecule has 0 bridgehead atoms. The van der Waals surface area contributed by atoms with E-state index in [4.69, 9.17) is 4.74 Å². The molecule has 114 valence electrons. The maximum atomic E-state index is 11.6. The van der Waals surface area contributed by atoms with Crippen molar-refractivity contribution in [3.05, 3.63) is 65.2 Å². The molecule has 0 aliphatic heterocycles. The second kappa shape index (κ2) is 6.94. The third kappa shape index (κ3) is 3.76. The van der Waals surface area contributed by atoms with Crippen molar-refractivity contribution < 1.29 is 14.6 Å². The fraction of sp³-hybridized carbons (Fsp3) is 0.211. The van der Waals surface area contributed by atoms with E-state index in [1.807, 2.05) is 24.3 Å². The Kier molecular flexibility index (Phi) is 4.99. The molecule has 0 unspecified atom stereocenters. The zero-order valence-corrected chi connectivity index (χ0v) is 13.0. The molecule has 0 aliphatic rings. The van der Waals surface area contributed by atoms with E-state index in [0.717, 1.165) is 5.56 Å². The summed E-state index contributed by atoms with van der Waals surface area (Å²) in [6.07, 6.45) is 1.68. The lowest BCUT2D eigenvalue weighted by Gasteiger charge is -2.07. The number of carboxylic acid groups (broad SMARTS) is 1. The maximum absolute atomic E-state index is 11.6. The van der Waals surface area contributed by atoms with Crippen molar-refractivity contribution >= 4 is 17.6 Å². The molecular formula is C19H20O3. The normalized spacial score (nSPS) is 11.5. The summed E-state index contributed by atoms with van der Waals surface area (Å²) >= 11 is 0. The number of hydrogen-bond acceptors (Lipinski definition) is 2. The van der Waals surface area contributed by atoms with Crippen LogP contribution in [0.3, 0.4) is 0 Å². The number of carboxylic acids is 1. The van der Waals surface area contributed by atoms with Crippen LogP contribution in [0.1, 0.15) is 36.5 Å². The molecule has 22 heavy (non-hydrogen) atoms. The third-order valence-electron chi connectivity index (χ3n) is 3.53. The van der Waals surface area contributed by atoms with Crippen LogP contribution in [0.2, 0.25) is 0 Å². The Morgan fingerprint density at radius 1 is 1.14 bits per heavy atom. The first-order valence-corrected chi connectivity index (χ1v) is 7.20. The van der Waals surface area contributed by atoms with Crippen molar-refractivity contribution in [2.75, 3.05) is 7.11 Å². The average molecular weight is 296 g/mol. The molecule has 0 spiro atoms. The van der Waals surface area contributed by atoms with Crippen molar-refractivity contribution in [1.82, 2.24) is 0 Å². The van der Waals surface area contributed by atoms with Crippen LogP contribution in [0.25, 0.3) is 11.6 Å². The van der Waals surface area contributed by atoms with E-state index in [-0.39, 0.29) is 5.57 Å². The summed E-state index contributed by atoms with van der Waals surface area (Å²) in [4.78, 5) is 11.6. The van der Waals surface area contributed by atoms with Gasteiger partial charge in [0.25, 0.3) is 0 Å². The van der Waals surface area contributed by atoms with Crippen molar-refractivity contribution in [2.24, 2.45) is 0 Å². The number of aliphatic carboxylic acids is 1. The monoisotopic (exact) mass is 296 g/mol. The second-order valence-electron chi connectivity index (χ2n) is 5.42. The lowest BCUT2D eigenvalue weighted by Crippen LogP contribution is -2.00. The Morgan fingerprint density at radius 2 is 1.82 bits per heavy atom. The Morgan fingerprint density at radius 3 is 2.36 bits per heavy atom. The molecule has 0 heterocycles. The van der Waals surface area contributed by atoms with E-state index < -0.39 is 5.97 Å². The van der Waals surface area contributed by atoms with Gasteiger partial charge in [-0.15, -0.1) is 0 Å². The molecule has 2 aromatic rings. The van der Waals surface area contributed by atoms with Crippen LogP contribution in [-0.2, 0) is 4.79 Å². The molecular weight excluding hydrogens is 276 g/mol. The molecule has 3 nitrogen and oxygen atoms in total. The van der Waals surface area contributed by atoms with Gasteiger partial charge in [0.15, 0.2) is 0 Å². The number of hydrogen-bond donors (Lipinski definition) is 1. The standard InChI is InChI=1S/C19H20O3/c1-13(2)15-9-7-14(8-10-15)11-18(19(20)21)16-5-4-6-17(12-16)22-3/h4-13H,1-3H3,(H,20,21)/b18-11-. The smallest absolute Gasteiger partial charge is 0.336 e. The summed E-state index contributed by atoms with van der Waals surface area (Å²) in [5.41, 5.74) is 2.97. The second-order valence-corrected chi connectivity index (χ2v) is 5.42. The van der Waals surface area contributed by atoms with E-state index in [1.54, 1.807) is 37.5 Å². The highest BCUT2D eigenvalue weighted by Gasteiger charge is 2.11. The molecule has 0 aromatic heterocycles.